The Kier molecular flexibility index (Phi) is 5.57. The van der Waals surface area contributed by atoms with Crippen LogP contribution in [0.2, 0.25) is 0 Å². The highest BCUT2D eigenvalue weighted by atomic mass is 35.5. The van der Waals surface area contributed by atoms with E-state index in [4.69, 9.17) is 11.6 Å². The van der Waals surface area contributed by atoms with E-state index in [9.17, 15) is 0 Å². The van der Waals surface area contributed by atoms with Crippen molar-refractivity contribution in [1.82, 2.24) is 0 Å². The minimum Gasteiger partial charge on any atom is -0.147 e. The molecule has 1 aromatic heterocycles. The molecule has 0 bridgehead atoms. The molecule has 0 nitrogen and oxygen atoms in total. The van der Waals surface area contributed by atoms with Crippen molar-refractivity contribution in [2.75, 3.05) is 0 Å². The van der Waals surface area contributed by atoms with Crippen LogP contribution in [0.4, 0.5) is 0 Å². The molecule has 1 rings (SSSR count). The van der Waals surface area contributed by atoms with Gasteiger partial charge in [-0.15, -0.1) is 22.9 Å². The molecule has 0 spiro atoms. The van der Waals surface area contributed by atoms with Gasteiger partial charge in [-0.25, -0.2) is 0 Å². The summed E-state index contributed by atoms with van der Waals surface area (Å²) in [5.41, 5.74) is 0. The number of alkyl halides is 1. The summed E-state index contributed by atoms with van der Waals surface area (Å²) in [4.78, 5) is 1.33. The Labute approximate surface area is 96.3 Å². The Morgan fingerprint density at radius 2 is 1.93 bits per heavy atom. The summed E-state index contributed by atoms with van der Waals surface area (Å²) in [6, 6.07) is 4.24. The van der Waals surface area contributed by atoms with Gasteiger partial charge in [0, 0.05) is 4.88 Å². The van der Waals surface area contributed by atoms with Gasteiger partial charge >= 0.3 is 0 Å². The quantitative estimate of drug-likeness (QED) is 0.586. The molecule has 0 aliphatic rings. The van der Waals surface area contributed by atoms with Crippen LogP contribution in [0.3, 0.4) is 0 Å². The first-order valence-corrected chi connectivity index (χ1v) is 6.78. The number of hydrogen-bond donors (Lipinski definition) is 0. The lowest BCUT2D eigenvalue weighted by Crippen LogP contribution is -2.06. The van der Waals surface area contributed by atoms with Gasteiger partial charge in [0.05, 0.1) is 5.38 Å². The van der Waals surface area contributed by atoms with Crippen LogP contribution >= 0.6 is 22.9 Å². The third kappa shape index (κ3) is 3.29. The molecule has 0 fully saturated rings. The maximum absolute atomic E-state index is 6.48. The van der Waals surface area contributed by atoms with Gasteiger partial charge in [-0.1, -0.05) is 32.8 Å². The van der Waals surface area contributed by atoms with E-state index in [0.29, 0.717) is 5.92 Å². The second-order valence-electron chi connectivity index (χ2n) is 3.75. The molecular formula is C12H19ClS. The smallest absolute Gasteiger partial charge is 0.0706 e. The summed E-state index contributed by atoms with van der Waals surface area (Å²) < 4.78 is 0. The summed E-state index contributed by atoms with van der Waals surface area (Å²) in [5, 5.41) is 2.34. The molecule has 0 aliphatic heterocycles. The average Bonchev–Trinajstić information content (AvgIpc) is 2.69. The van der Waals surface area contributed by atoms with Gasteiger partial charge in [0.2, 0.25) is 0 Å². The van der Waals surface area contributed by atoms with Crippen LogP contribution in [-0.4, -0.2) is 0 Å². The van der Waals surface area contributed by atoms with Crippen molar-refractivity contribution in [2.24, 2.45) is 5.92 Å². The van der Waals surface area contributed by atoms with Gasteiger partial charge in [-0.2, -0.15) is 0 Å². The molecule has 1 aromatic rings. The van der Waals surface area contributed by atoms with Gasteiger partial charge in [0.25, 0.3) is 0 Å². The Balaban J connectivity index is 2.58. The molecule has 0 N–H and O–H groups in total. The summed E-state index contributed by atoms with van der Waals surface area (Å²) in [5.74, 6) is 0.658. The Bertz CT molecular complexity index is 224. The van der Waals surface area contributed by atoms with Crippen LogP contribution in [0, 0.1) is 5.92 Å². The summed E-state index contributed by atoms with van der Waals surface area (Å²) in [6.07, 6.45) is 4.97. The molecule has 80 valence electrons. The molecule has 1 heterocycles. The number of thiophene rings is 1. The highest BCUT2D eigenvalue weighted by molar-refractivity contribution is 7.10. The van der Waals surface area contributed by atoms with E-state index in [1.165, 1.54) is 30.6 Å². The first-order valence-electron chi connectivity index (χ1n) is 5.47. The third-order valence-corrected chi connectivity index (χ3v) is 4.22. The first-order chi connectivity index (χ1) is 6.79. The van der Waals surface area contributed by atoms with E-state index in [1.54, 1.807) is 11.3 Å². The van der Waals surface area contributed by atoms with Crippen LogP contribution in [-0.2, 0) is 0 Å². The van der Waals surface area contributed by atoms with Crippen LogP contribution in [0.5, 0.6) is 0 Å². The van der Waals surface area contributed by atoms with E-state index in [2.05, 4.69) is 31.4 Å². The second-order valence-corrected chi connectivity index (χ2v) is 5.20. The third-order valence-electron chi connectivity index (χ3n) is 2.55. The molecule has 0 aliphatic carbocycles. The van der Waals surface area contributed by atoms with Crippen molar-refractivity contribution in [3.8, 4) is 0 Å². The molecule has 0 saturated heterocycles. The van der Waals surface area contributed by atoms with Crippen LogP contribution in [0.15, 0.2) is 17.5 Å². The maximum atomic E-state index is 6.48. The van der Waals surface area contributed by atoms with Crippen molar-refractivity contribution in [3.63, 3.8) is 0 Å². The number of rotatable bonds is 6. The lowest BCUT2D eigenvalue weighted by atomic mass is 9.94. The molecule has 14 heavy (non-hydrogen) atoms. The highest BCUT2D eigenvalue weighted by Crippen LogP contribution is 2.37. The lowest BCUT2D eigenvalue weighted by molar-refractivity contribution is 0.429. The van der Waals surface area contributed by atoms with E-state index < -0.39 is 0 Å². The SMILES string of the molecule is CCCC(CCC)C(Cl)c1cccs1. The molecule has 1 unspecified atom stereocenters. The summed E-state index contributed by atoms with van der Waals surface area (Å²) in [6.45, 7) is 4.47. The maximum Gasteiger partial charge on any atom is 0.0706 e. The van der Waals surface area contributed by atoms with Crippen molar-refractivity contribution in [2.45, 2.75) is 44.9 Å². The summed E-state index contributed by atoms with van der Waals surface area (Å²) >= 11 is 8.26. The molecular weight excluding hydrogens is 212 g/mol. The molecule has 1 atom stereocenters. The fraction of sp³-hybridized carbons (Fsp3) is 0.667. The van der Waals surface area contributed by atoms with Gasteiger partial charge in [0.1, 0.15) is 0 Å². The molecule has 0 radical (unpaired) electrons. The second kappa shape index (κ2) is 6.47. The zero-order valence-corrected chi connectivity index (χ0v) is 10.6. The predicted octanol–water partition coefficient (Wildman–Crippen LogP) is 5.24. The molecule has 2 heteroatoms. The van der Waals surface area contributed by atoms with E-state index in [-0.39, 0.29) is 5.38 Å². The zero-order chi connectivity index (χ0) is 10.4. The Morgan fingerprint density at radius 1 is 1.29 bits per heavy atom. The van der Waals surface area contributed by atoms with Gasteiger partial charge in [-0.3, -0.25) is 0 Å². The topological polar surface area (TPSA) is 0 Å². The van der Waals surface area contributed by atoms with Crippen LogP contribution in [0.1, 0.15) is 49.8 Å². The fourth-order valence-electron chi connectivity index (χ4n) is 1.86. The molecule has 0 amide bonds. The minimum atomic E-state index is 0.231. The van der Waals surface area contributed by atoms with Crippen molar-refractivity contribution >= 4 is 22.9 Å². The highest BCUT2D eigenvalue weighted by Gasteiger charge is 2.19. The van der Waals surface area contributed by atoms with Gasteiger partial charge in [0.15, 0.2) is 0 Å². The van der Waals surface area contributed by atoms with Crippen molar-refractivity contribution in [3.05, 3.63) is 22.4 Å². The number of halogens is 1. The fourth-order valence-corrected chi connectivity index (χ4v) is 3.13. The monoisotopic (exact) mass is 230 g/mol. The van der Waals surface area contributed by atoms with E-state index in [1.807, 2.05) is 0 Å². The lowest BCUT2D eigenvalue weighted by Gasteiger charge is -2.20. The Hall–Kier alpha value is -0.0100. The normalized spacial score (nSPS) is 13.4. The molecule has 0 aromatic carbocycles. The van der Waals surface area contributed by atoms with Crippen LogP contribution in [0.25, 0.3) is 0 Å². The zero-order valence-electron chi connectivity index (χ0n) is 9.00. The molecule has 0 saturated carbocycles. The standard InChI is InChI=1S/C12H19ClS/c1-3-6-10(7-4-2)12(13)11-8-5-9-14-11/h5,8-10,12H,3-4,6-7H2,1-2H3. The van der Waals surface area contributed by atoms with Crippen LogP contribution < -0.4 is 0 Å². The predicted molar refractivity (Wildman–Crippen MR) is 66.2 cm³/mol. The largest absolute Gasteiger partial charge is 0.147 e. The van der Waals surface area contributed by atoms with Crippen molar-refractivity contribution < 1.29 is 0 Å². The van der Waals surface area contributed by atoms with Gasteiger partial charge < -0.3 is 0 Å². The Morgan fingerprint density at radius 3 is 2.36 bits per heavy atom. The summed E-state index contributed by atoms with van der Waals surface area (Å²) in [7, 11) is 0. The number of hydrogen-bond acceptors (Lipinski definition) is 1. The van der Waals surface area contributed by atoms with E-state index in [0.717, 1.165) is 0 Å². The van der Waals surface area contributed by atoms with Crippen molar-refractivity contribution in [1.29, 1.82) is 0 Å². The van der Waals surface area contributed by atoms with E-state index >= 15 is 0 Å². The average molecular weight is 231 g/mol. The first kappa shape index (κ1) is 12.1. The van der Waals surface area contributed by atoms with Gasteiger partial charge in [-0.05, 0) is 30.2 Å². The minimum absolute atomic E-state index is 0.231.